The fraction of sp³-hybridized carbons (Fsp3) is 1.00. The van der Waals surface area contributed by atoms with Crippen LogP contribution < -0.4 is 0 Å². The molecule has 0 aromatic carbocycles. The van der Waals surface area contributed by atoms with Crippen molar-refractivity contribution in [1.29, 1.82) is 0 Å². The van der Waals surface area contributed by atoms with Crippen molar-refractivity contribution < 1.29 is 11.0 Å². The summed E-state index contributed by atoms with van der Waals surface area (Å²) in [5.74, 6) is 1.76. The van der Waals surface area contributed by atoms with Gasteiger partial charge in [0.25, 0.3) is 0 Å². The maximum Gasteiger partial charge on any atom is 0.0130 e. The lowest BCUT2D eigenvalue weighted by molar-refractivity contribution is 0.221. The molecule has 0 aromatic heterocycles. The summed E-state index contributed by atoms with van der Waals surface area (Å²) in [6, 6.07) is 0. The molecule has 0 aliphatic carbocycles. The molecule has 1 aliphatic heterocycles. The molecule has 0 radical (unpaired) electrons. The second kappa shape index (κ2) is 7.48. The molecule has 0 aromatic rings. The average molecular weight is 224 g/mol. The summed E-state index contributed by atoms with van der Waals surface area (Å²) < 4.78 is 4.63. The van der Waals surface area contributed by atoms with Crippen molar-refractivity contribution in [3.8, 4) is 0 Å². The smallest absolute Gasteiger partial charge is 0.0130 e. The standard InChI is InChI=1S/C9H20N2S.2H2O/c1-8-5-6-11(7-9(8)2)12-10(3)4;;/h8-9H,5-7H2,1-4H3;2*1H2/t8-,9+;;/m1../s1. The predicted octanol–water partition coefficient (Wildman–Crippen LogP) is 0.440. The minimum absolute atomic E-state index is 0. The average Bonchev–Trinajstić information content (AvgIpc) is 1.96. The van der Waals surface area contributed by atoms with Crippen molar-refractivity contribution >= 4 is 12.1 Å². The zero-order chi connectivity index (χ0) is 9.14. The topological polar surface area (TPSA) is 69.5 Å². The van der Waals surface area contributed by atoms with Crippen LogP contribution >= 0.6 is 12.1 Å². The van der Waals surface area contributed by atoms with Crippen LogP contribution in [0.3, 0.4) is 0 Å². The molecule has 1 rings (SSSR count). The monoisotopic (exact) mass is 224 g/mol. The van der Waals surface area contributed by atoms with Gasteiger partial charge in [-0.3, -0.25) is 0 Å². The summed E-state index contributed by atoms with van der Waals surface area (Å²) in [4.78, 5) is 0. The Bertz CT molecular complexity index is 147. The third-order valence-electron chi connectivity index (χ3n) is 2.58. The number of hydrogen-bond donors (Lipinski definition) is 0. The van der Waals surface area contributed by atoms with E-state index in [1.54, 1.807) is 0 Å². The Balaban J connectivity index is 0. The Labute approximate surface area is 91.5 Å². The molecule has 0 bridgehead atoms. The zero-order valence-corrected chi connectivity index (χ0v) is 10.4. The van der Waals surface area contributed by atoms with Gasteiger partial charge in [-0.1, -0.05) is 13.8 Å². The van der Waals surface area contributed by atoms with E-state index in [2.05, 4.69) is 36.6 Å². The van der Waals surface area contributed by atoms with E-state index in [0.717, 1.165) is 11.8 Å². The zero-order valence-electron chi connectivity index (χ0n) is 9.58. The van der Waals surface area contributed by atoms with Crippen LogP contribution in [0.1, 0.15) is 20.3 Å². The highest BCUT2D eigenvalue weighted by Gasteiger charge is 2.23. The fourth-order valence-corrected chi connectivity index (χ4v) is 2.48. The van der Waals surface area contributed by atoms with Gasteiger partial charge in [0.2, 0.25) is 0 Å². The van der Waals surface area contributed by atoms with Gasteiger partial charge in [-0.15, -0.1) is 0 Å². The van der Waals surface area contributed by atoms with Crippen molar-refractivity contribution in [1.82, 2.24) is 8.61 Å². The largest absolute Gasteiger partial charge is 0.412 e. The van der Waals surface area contributed by atoms with Crippen molar-refractivity contribution in [3.05, 3.63) is 0 Å². The lowest BCUT2D eigenvalue weighted by atomic mass is 9.90. The van der Waals surface area contributed by atoms with Gasteiger partial charge in [0.1, 0.15) is 0 Å². The van der Waals surface area contributed by atoms with Gasteiger partial charge in [-0.2, -0.15) is 0 Å². The van der Waals surface area contributed by atoms with Gasteiger partial charge in [0, 0.05) is 25.2 Å². The highest BCUT2D eigenvalue weighted by Crippen LogP contribution is 2.27. The van der Waals surface area contributed by atoms with E-state index in [0.29, 0.717) is 0 Å². The van der Waals surface area contributed by atoms with Gasteiger partial charge in [0.15, 0.2) is 0 Å². The molecule has 4 N–H and O–H groups in total. The molecule has 0 unspecified atom stereocenters. The lowest BCUT2D eigenvalue weighted by Crippen LogP contribution is -2.35. The van der Waals surface area contributed by atoms with E-state index < -0.39 is 0 Å². The molecule has 0 amide bonds. The van der Waals surface area contributed by atoms with E-state index in [1.165, 1.54) is 19.5 Å². The van der Waals surface area contributed by atoms with Crippen LogP contribution in [-0.4, -0.2) is 46.7 Å². The molecule has 2 atom stereocenters. The number of nitrogens with zero attached hydrogens (tertiary/aromatic N) is 2. The van der Waals surface area contributed by atoms with E-state index >= 15 is 0 Å². The maximum absolute atomic E-state index is 2.46. The number of piperidine rings is 1. The first-order chi connectivity index (χ1) is 5.59. The predicted molar refractivity (Wildman–Crippen MR) is 63.0 cm³/mol. The number of hydrogen-bond acceptors (Lipinski definition) is 3. The van der Waals surface area contributed by atoms with Crippen molar-refractivity contribution in [3.63, 3.8) is 0 Å². The Hall–Kier alpha value is 0.190. The Morgan fingerprint density at radius 1 is 1.14 bits per heavy atom. The van der Waals surface area contributed by atoms with Crippen LogP contribution in [0.2, 0.25) is 0 Å². The molecule has 1 heterocycles. The molecule has 1 saturated heterocycles. The van der Waals surface area contributed by atoms with Crippen LogP contribution in [0, 0.1) is 11.8 Å². The van der Waals surface area contributed by atoms with Crippen LogP contribution in [0.4, 0.5) is 0 Å². The first-order valence-electron chi connectivity index (χ1n) is 4.70. The summed E-state index contributed by atoms with van der Waals surface area (Å²) in [7, 11) is 4.21. The molecule has 88 valence electrons. The van der Waals surface area contributed by atoms with Gasteiger partial charge >= 0.3 is 0 Å². The third kappa shape index (κ3) is 5.17. The minimum atomic E-state index is 0. The van der Waals surface area contributed by atoms with Gasteiger partial charge in [0.05, 0.1) is 0 Å². The molecule has 5 heteroatoms. The molecule has 0 spiro atoms. The molecule has 0 saturated carbocycles. The molecular formula is C9H24N2O2S. The Morgan fingerprint density at radius 3 is 2.14 bits per heavy atom. The molecular weight excluding hydrogens is 200 g/mol. The van der Waals surface area contributed by atoms with Crippen LogP contribution in [0.5, 0.6) is 0 Å². The fourth-order valence-electron chi connectivity index (χ4n) is 1.53. The lowest BCUT2D eigenvalue weighted by Gasteiger charge is -2.35. The van der Waals surface area contributed by atoms with E-state index in [4.69, 9.17) is 0 Å². The van der Waals surface area contributed by atoms with E-state index in [1.807, 2.05) is 12.1 Å². The summed E-state index contributed by atoms with van der Waals surface area (Å²) in [6.07, 6.45) is 1.35. The van der Waals surface area contributed by atoms with Gasteiger partial charge in [-0.25, -0.2) is 8.61 Å². The van der Waals surface area contributed by atoms with Crippen molar-refractivity contribution in [2.24, 2.45) is 11.8 Å². The SMILES string of the molecule is C[C@@H]1CCN(SN(C)C)C[C@@H]1C.O.O. The number of rotatable bonds is 2. The third-order valence-corrected chi connectivity index (χ3v) is 3.46. The molecule has 1 aliphatic rings. The second-order valence-electron chi connectivity index (χ2n) is 4.03. The highest BCUT2D eigenvalue weighted by molar-refractivity contribution is 7.94. The van der Waals surface area contributed by atoms with Crippen molar-refractivity contribution in [2.75, 3.05) is 27.2 Å². The highest BCUT2D eigenvalue weighted by atomic mass is 32.2. The summed E-state index contributed by atoms with van der Waals surface area (Å²) in [5, 5.41) is 0. The van der Waals surface area contributed by atoms with Crippen LogP contribution in [0.25, 0.3) is 0 Å². The summed E-state index contributed by atoms with van der Waals surface area (Å²) in [5.41, 5.74) is 0. The first kappa shape index (κ1) is 16.6. The quantitative estimate of drug-likeness (QED) is 0.639. The van der Waals surface area contributed by atoms with E-state index in [-0.39, 0.29) is 11.0 Å². The Kier molecular flexibility index (Phi) is 8.87. The van der Waals surface area contributed by atoms with E-state index in [9.17, 15) is 0 Å². The van der Waals surface area contributed by atoms with Crippen LogP contribution in [0.15, 0.2) is 0 Å². The molecule has 4 nitrogen and oxygen atoms in total. The van der Waals surface area contributed by atoms with Crippen LogP contribution in [-0.2, 0) is 0 Å². The second-order valence-corrected chi connectivity index (χ2v) is 5.44. The maximum atomic E-state index is 2.46. The summed E-state index contributed by atoms with van der Waals surface area (Å²) in [6.45, 7) is 7.20. The van der Waals surface area contributed by atoms with Gasteiger partial charge in [-0.05, 0) is 32.4 Å². The first-order valence-corrected chi connectivity index (χ1v) is 5.43. The van der Waals surface area contributed by atoms with Gasteiger partial charge < -0.3 is 11.0 Å². The van der Waals surface area contributed by atoms with Crippen molar-refractivity contribution in [2.45, 2.75) is 20.3 Å². The molecule has 1 fully saturated rings. The summed E-state index contributed by atoms with van der Waals surface area (Å²) >= 11 is 1.85. The Morgan fingerprint density at radius 2 is 1.71 bits per heavy atom. The normalized spacial score (nSPS) is 28.1. The minimum Gasteiger partial charge on any atom is -0.412 e. The molecule has 14 heavy (non-hydrogen) atoms.